The Kier molecular flexibility index (Phi) is 2.73. The molecule has 0 radical (unpaired) electrons. The first kappa shape index (κ1) is 10.1. The summed E-state index contributed by atoms with van der Waals surface area (Å²) in [4.78, 5) is 2.89. The lowest BCUT2D eigenvalue weighted by Gasteiger charge is -2.51. The summed E-state index contributed by atoms with van der Waals surface area (Å²) in [5, 5.41) is 0. The van der Waals surface area contributed by atoms with Crippen molar-refractivity contribution >= 4 is 0 Å². The molecule has 1 aliphatic carbocycles. The summed E-state index contributed by atoms with van der Waals surface area (Å²) in [6, 6.07) is 3.11. The maximum Gasteiger partial charge on any atom is 0.0116 e. The van der Waals surface area contributed by atoms with Crippen LogP contribution in [0.2, 0.25) is 0 Å². The molecule has 2 heteroatoms. The van der Waals surface area contributed by atoms with E-state index < -0.39 is 0 Å². The molecule has 3 fully saturated rings. The van der Waals surface area contributed by atoms with Crippen LogP contribution in [0.1, 0.15) is 57.8 Å². The third-order valence-electron chi connectivity index (χ3n) is 4.81. The van der Waals surface area contributed by atoms with Gasteiger partial charge in [0.2, 0.25) is 0 Å². The zero-order valence-corrected chi connectivity index (χ0v) is 9.70. The SMILES string of the molecule is NC1CC2CCCC(C1)N2C1CCCC1. The van der Waals surface area contributed by atoms with E-state index in [4.69, 9.17) is 5.73 Å². The molecule has 2 atom stereocenters. The zero-order chi connectivity index (χ0) is 10.3. The number of piperidine rings is 2. The molecule has 2 N–H and O–H groups in total. The highest BCUT2D eigenvalue weighted by Gasteiger charge is 2.40. The summed E-state index contributed by atoms with van der Waals surface area (Å²) in [5.41, 5.74) is 6.16. The van der Waals surface area contributed by atoms with Gasteiger partial charge in [-0.25, -0.2) is 0 Å². The Morgan fingerprint density at radius 3 is 1.87 bits per heavy atom. The number of hydrogen-bond donors (Lipinski definition) is 1. The number of fused-ring (bicyclic) bond motifs is 2. The van der Waals surface area contributed by atoms with Crippen molar-refractivity contribution in [1.82, 2.24) is 4.90 Å². The molecule has 86 valence electrons. The van der Waals surface area contributed by atoms with Crippen molar-refractivity contribution in [2.24, 2.45) is 5.73 Å². The van der Waals surface area contributed by atoms with E-state index in [-0.39, 0.29) is 0 Å². The average Bonchev–Trinajstić information content (AvgIpc) is 2.68. The molecule has 1 saturated carbocycles. The van der Waals surface area contributed by atoms with Crippen molar-refractivity contribution in [3.63, 3.8) is 0 Å². The minimum Gasteiger partial charge on any atom is -0.328 e. The van der Waals surface area contributed by atoms with Crippen LogP contribution in [0, 0.1) is 0 Å². The monoisotopic (exact) mass is 208 g/mol. The molecule has 2 nitrogen and oxygen atoms in total. The summed E-state index contributed by atoms with van der Waals surface area (Å²) in [6.45, 7) is 0. The maximum absolute atomic E-state index is 6.16. The Balaban J connectivity index is 1.75. The predicted octanol–water partition coefficient (Wildman–Crippen LogP) is 2.27. The standard InChI is InChI=1S/C13H24N2/c14-10-8-12-6-3-7-13(9-10)15(12)11-4-1-2-5-11/h10-13H,1-9,14H2. The third-order valence-corrected chi connectivity index (χ3v) is 4.81. The van der Waals surface area contributed by atoms with E-state index in [0.29, 0.717) is 6.04 Å². The molecule has 2 aliphatic heterocycles. The average molecular weight is 208 g/mol. The highest BCUT2D eigenvalue weighted by atomic mass is 15.2. The zero-order valence-electron chi connectivity index (χ0n) is 9.70. The molecule has 2 heterocycles. The Bertz CT molecular complexity index is 209. The second-order valence-corrected chi connectivity index (χ2v) is 5.86. The Morgan fingerprint density at radius 1 is 0.733 bits per heavy atom. The molecule has 0 aromatic carbocycles. The van der Waals surface area contributed by atoms with Crippen LogP contribution in [-0.2, 0) is 0 Å². The van der Waals surface area contributed by atoms with Gasteiger partial charge in [-0.05, 0) is 38.5 Å². The van der Waals surface area contributed by atoms with Gasteiger partial charge >= 0.3 is 0 Å². The molecule has 3 aliphatic rings. The molecule has 0 aromatic heterocycles. The minimum atomic E-state index is 0.498. The van der Waals surface area contributed by atoms with Gasteiger partial charge in [-0.15, -0.1) is 0 Å². The van der Waals surface area contributed by atoms with Gasteiger partial charge < -0.3 is 5.73 Å². The van der Waals surface area contributed by atoms with Gasteiger partial charge in [-0.3, -0.25) is 4.90 Å². The lowest BCUT2D eigenvalue weighted by Crippen LogP contribution is -2.58. The molecule has 0 aromatic rings. The van der Waals surface area contributed by atoms with E-state index in [1.165, 1.54) is 57.8 Å². The lowest BCUT2D eigenvalue weighted by atomic mass is 9.81. The van der Waals surface area contributed by atoms with E-state index in [1.807, 2.05) is 0 Å². The molecule has 0 spiro atoms. The summed E-state index contributed by atoms with van der Waals surface area (Å²) in [7, 11) is 0. The molecular weight excluding hydrogens is 184 g/mol. The van der Waals surface area contributed by atoms with Gasteiger partial charge in [0.1, 0.15) is 0 Å². The van der Waals surface area contributed by atoms with Crippen molar-refractivity contribution in [3.8, 4) is 0 Å². The summed E-state index contributed by atoms with van der Waals surface area (Å²) < 4.78 is 0. The number of rotatable bonds is 1. The first-order chi connectivity index (χ1) is 7.34. The van der Waals surface area contributed by atoms with Crippen LogP contribution in [0.25, 0.3) is 0 Å². The van der Waals surface area contributed by atoms with Gasteiger partial charge in [-0.2, -0.15) is 0 Å². The van der Waals surface area contributed by atoms with Gasteiger partial charge in [-0.1, -0.05) is 19.3 Å². The van der Waals surface area contributed by atoms with E-state index >= 15 is 0 Å². The summed E-state index contributed by atoms with van der Waals surface area (Å²) in [6.07, 6.45) is 12.7. The van der Waals surface area contributed by atoms with Crippen LogP contribution in [0.3, 0.4) is 0 Å². The highest BCUT2D eigenvalue weighted by Crippen LogP contribution is 2.38. The van der Waals surface area contributed by atoms with Gasteiger partial charge in [0.15, 0.2) is 0 Å². The fraction of sp³-hybridized carbons (Fsp3) is 1.00. The van der Waals surface area contributed by atoms with Crippen molar-refractivity contribution in [1.29, 1.82) is 0 Å². The van der Waals surface area contributed by atoms with Crippen LogP contribution in [0.4, 0.5) is 0 Å². The number of nitrogens with zero attached hydrogens (tertiary/aromatic N) is 1. The van der Waals surface area contributed by atoms with E-state index in [9.17, 15) is 0 Å². The van der Waals surface area contributed by atoms with Gasteiger partial charge in [0, 0.05) is 24.2 Å². The maximum atomic E-state index is 6.16. The fourth-order valence-corrected chi connectivity index (χ4v) is 4.26. The van der Waals surface area contributed by atoms with Gasteiger partial charge in [0.25, 0.3) is 0 Å². The van der Waals surface area contributed by atoms with E-state index in [0.717, 1.165) is 18.1 Å². The second kappa shape index (κ2) is 4.06. The van der Waals surface area contributed by atoms with Crippen LogP contribution >= 0.6 is 0 Å². The molecular formula is C13H24N2. The number of nitrogens with two attached hydrogens (primary N) is 1. The molecule has 0 amide bonds. The fourth-order valence-electron chi connectivity index (χ4n) is 4.26. The largest absolute Gasteiger partial charge is 0.328 e. The Hall–Kier alpha value is -0.0800. The summed E-state index contributed by atoms with van der Waals surface area (Å²) in [5.74, 6) is 0. The second-order valence-electron chi connectivity index (χ2n) is 5.86. The van der Waals surface area contributed by atoms with Crippen molar-refractivity contribution in [2.75, 3.05) is 0 Å². The van der Waals surface area contributed by atoms with Crippen molar-refractivity contribution < 1.29 is 0 Å². The minimum absolute atomic E-state index is 0.498. The molecule has 15 heavy (non-hydrogen) atoms. The molecule has 2 unspecified atom stereocenters. The quantitative estimate of drug-likeness (QED) is 0.716. The van der Waals surface area contributed by atoms with Crippen LogP contribution in [0.15, 0.2) is 0 Å². The van der Waals surface area contributed by atoms with Crippen LogP contribution < -0.4 is 5.73 Å². The molecule has 2 saturated heterocycles. The highest BCUT2D eigenvalue weighted by molar-refractivity contribution is 4.97. The smallest absolute Gasteiger partial charge is 0.0116 e. The first-order valence-electron chi connectivity index (χ1n) is 6.87. The third kappa shape index (κ3) is 1.83. The van der Waals surface area contributed by atoms with Gasteiger partial charge in [0.05, 0.1) is 0 Å². The summed E-state index contributed by atoms with van der Waals surface area (Å²) >= 11 is 0. The normalized spacial score (nSPS) is 43.4. The van der Waals surface area contributed by atoms with Crippen molar-refractivity contribution in [3.05, 3.63) is 0 Å². The Morgan fingerprint density at radius 2 is 1.27 bits per heavy atom. The first-order valence-corrected chi connectivity index (χ1v) is 6.87. The van der Waals surface area contributed by atoms with Crippen molar-refractivity contribution in [2.45, 2.75) is 82.0 Å². The molecule has 2 bridgehead atoms. The predicted molar refractivity (Wildman–Crippen MR) is 62.7 cm³/mol. The van der Waals surface area contributed by atoms with Crippen LogP contribution in [0.5, 0.6) is 0 Å². The lowest BCUT2D eigenvalue weighted by molar-refractivity contribution is -0.00319. The van der Waals surface area contributed by atoms with E-state index in [2.05, 4.69) is 4.90 Å². The number of hydrogen-bond acceptors (Lipinski definition) is 2. The Labute approximate surface area is 93.2 Å². The topological polar surface area (TPSA) is 29.3 Å². The van der Waals surface area contributed by atoms with E-state index in [1.54, 1.807) is 0 Å². The van der Waals surface area contributed by atoms with Crippen LogP contribution in [-0.4, -0.2) is 29.1 Å². The molecule has 3 rings (SSSR count).